The Bertz CT molecular complexity index is 642. The molecule has 7 nitrogen and oxygen atoms in total. The maximum atomic E-state index is 13.6. The van der Waals surface area contributed by atoms with Gasteiger partial charge in [0.2, 0.25) is 5.95 Å². The maximum absolute atomic E-state index is 13.6. The predicted molar refractivity (Wildman–Crippen MR) is 66.2 cm³/mol. The quantitative estimate of drug-likeness (QED) is 0.642. The van der Waals surface area contributed by atoms with Gasteiger partial charge in [-0.3, -0.25) is 9.48 Å². The molecule has 0 fully saturated rings. The number of amides is 1. The number of aryl methyl sites for hydroxylation is 3. The van der Waals surface area contributed by atoms with Crippen molar-refractivity contribution in [3.05, 3.63) is 35.2 Å². The third-order valence-corrected chi connectivity index (χ3v) is 2.50. The number of rotatable bonds is 3. The molecule has 0 unspecified atom stereocenters. The first-order chi connectivity index (χ1) is 8.99. The number of carbonyl (C=O) groups excluding carboxylic acids is 1. The fourth-order valence-corrected chi connectivity index (χ4v) is 1.54. The fourth-order valence-electron chi connectivity index (χ4n) is 1.54. The van der Waals surface area contributed by atoms with Crippen LogP contribution in [0.4, 0.5) is 4.39 Å². The zero-order valence-electron chi connectivity index (χ0n) is 10.8. The molecule has 0 atom stereocenters. The van der Waals surface area contributed by atoms with E-state index in [2.05, 4.69) is 20.7 Å². The highest BCUT2D eigenvalue weighted by molar-refractivity contribution is 5.93. The van der Waals surface area contributed by atoms with Crippen LogP contribution in [0.2, 0.25) is 0 Å². The van der Waals surface area contributed by atoms with Crippen LogP contribution in [-0.4, -0.2) is 31.7 Å². The summed E-state index contributed by atoms with van der Waals surface area (Å²) in [7, 11) is 3.20. The molecule has 1 amide bonds. The van der Waals surface area contributed by atoms with Crippen molar-refractivity contribution in [2.24, 2.45) is 19.2 Å². The molecule has 2 aromatic heterocycles. The van der Waals surface area contributed by atoms with Gasteiger partial charge in [0.05, 0.1) is 17.5 Å². The highest BCUT2D eigenvalue weighted by atomic mass is 19.1. The van der Waals surface area contributed by atoms with Gasteiger partial charge in [-0.15, -0.1) is 0 Å². The molecule has 0 radical (unpaired) electrons. The average molecular weight is 264 g/mol. The Labute approximate surface area is 108 Å². The minimum absolute atomic E-state index is 0.239. The molecule has 0 spiro atoms. The van der Waals surface area contributed by atoms with E-state index < -0.39 is 11.9 Å². The number of halogens is 1. The van der Waals surface area contributed by atoms with Gasteiger partial charge in [0.1, 0.15) is 0 Å². The van der Waals surface area contributed by atoms with E-state index >= 15 is 0 Å². The number of hydrogen-bond acceptors (Lipinski definition) is 4. The summed E-state index contributed by atoms with van der Waals surface area (Å²) in [4.78, 5) is 11.6. The molecule has 1 N–H and O–H groups in total. The van der Waals surface area contributed by atoms with Crippen molar-refractivity contribution in [2.75, 3.05) is 0 Å². The molecule has 0 aliphatic rings. The van der Waals surface area contributed by atoms with Crippen LogP contribution in [0, 0.1) is 12.9 Å². The van der Waals surface area contributed by atoms with Gasteiger partial charge >= 0.3 is 0 Å². The Balaban J connectivity index is 2.06. The van der Waals surface area contributed by atoms with Crippen LogP contribution in [0.1, 0.15) is 21.7 Å². The molecular weight excluding hydrogens is 251 g/mol. The largest absolute Gasteiger partial charge is 0.291 e. The number of hydrogen-bond donors (Lipinski definition) is 1. The van der Waals surface area contributed by atoms with Crippen LogP contribution in [0.15, 0.2) is 17.4 Å². The third-order valence-electron chi connectivity index (χ3n) is 2.50. The summed E-state index contributed by atoms with van der Waals surface area (Å²) in [5.41, 5.74) is 3.25. The van der Waals surface area contributed by atoms with Gasteiger partial charge in [0, 0.05) is 20.3 Å². The van der Waals surface area contributed by atoms with E-state index in [1.807, 2.05) is 0 Å². The minimum atomic E-state index is -0.506. The van der Waals surface area contributed by atoms with E-state index in [1.54, 1.807) is 26.2 Å². The number of hydrazone groups is 1. The number of aromatic nitrogens is 4. The third kappa shape index (κ3) is 2.67. The van der Waals surface area contributed by atoms with Gasteiger partial charge in [-0.2, -0.15) is 19.7 Å². The highest BCUT2D eigenvalue weighted by Gasteiger charge is 2.11. The summed E-state index contributed by atoms with van der Waals surface area (Å²) >= 11 is 0. The summed E-state index contributed by atoms with van der Waals surface area (Å²) in [6.45, 7) is 1.66. The first-order valence-electron chi connectivity index (χ1n) is 5.51. The molecular formula is C11H13FN6O. The van der Waals surface area contributed by atoms with E-state index in [1.165, 1.54) is 17.9 Å². The second kappa shape index (κ2) is 5.01. The zero-order chi connectivity index (χ0) is 14.0. The molecule has 0 aliphatic carbocycles. The van der Waals surface area contributed by atoms with Crippen LogP contribution in [-0.2, 0) is 14.1 Å². The molecule has 0 saturated carbocycles. The smallest absolute Gasteiger partial charge is 0.275 e. The molecule has 2 heterocycles. The highest BCUT2D eigenvalue weighted by Crippen LogP contribution is 2.07. The molecule has 0 aromatic carbocycles. The fraction of sp³-hybridized carbons (Fsp3) is 0.273. The average Bonchev–Trinajstić information content (AvgIpc) is 2.88. The SMILES string of the molecule is Cc1nn(C)c(F)c1/C=N/NC(=O)c1ccn(C)n1. The lowest BCUT2D eigenvalue weighted by Gasteiger charge is -1.95. The van der Waals surface area contributed by atoms with Crippen LogP contribution < -0.4 is 5.43 Å². The summed E-state index contributed by atoms with van der Waals surface area (Å²) in [6.07, 6.45) is 2.86. The second-order valence-electron chi connectivity index (χ2n) is 3.99. The van der Waals surface area contributed by atoms with Crippen molar-refractivity contribution in [1.29, 1.82) is 0 Å². The first kappa shape index (κ1) is 12.9. The lowest BCUT2D eigenvalue weighted by molar-refractivity contribution is 0.0949. The summed E-state index contributed by atoms with van der Waals surface area (Å²) in [5.74, 6) is -0.966. The van der Waals surface area contributed by atoms with Crippen molar-refractivity contribution in [3.8, 4) is 0 Å². The topological polar surface area (TPSA) is 77.1 Å². The van der Waals surface area contributed by atoms with E-state index in [9.17, 15) is 9.18 Å². The van der Waals surface area contributed by atoms with E-state index in [0.29, 0.717) is 5.69 Å². The molecule has 8 heteroatoms. The minimum Gasteiger partial charge on any atom is -0.275 e. The van der Waals surface area contributed by atoms with Gasteiger partial charge in [-0.1, -0.05) is 0 Å². The number of carbonyl (C=O) groups is 1. The summed E-state index contributed by atoms with van der Waals surface area (Å²) in [5, 5.41) is 11.5. The van der Waals surface area contributed by atoms with Gasteiger partial charge < -0.3 is 0 Å². The molecule has 100 valence electrons. The second-order valence-corrected chi connectivity index (χ2v) is 3.99. The van der Waals surface area contributed by atoms with Crippen molar-refractivity contribution >= 4 is 12.1 Å². The van der Waals surface area contributed by atoms with E-state index in [-0.39, 0.29) is 11.3 Å². The Morgan fingerprint density at radius 3 is 2.74 bits per heavy atom. The molecule has 2 rings (SSSR count). The van der Waals surface area contributed by atoms with Crippen LogP contribution >= 0.6 is 0 Å². The van der Waals surface area contributed by atoms with Gasteiger partial charge in [-0.25, -0.2) is 10.1 Å². The van der Waals surface area contributed by atoms with E-state index in [0.717, 1.165) is 4.68 Å². The molecule has 19 heavy (non-hydrogen) atoms. The zero-order valence-corrected chi connectivity index (χ0v) is 10.8. The number of nitrogens with one attached hydrogen (secondary N) is 1. The normalized spacial score (nSPS) is 11.2. The Kier molecular flexibility index (Phi) is 3.41. The molecule has 0 saturated heterocycles. The van der Waals surface area contributed by atoms with Gasteiger partial charge in [0.25, 0.3) is 5.91 Å². The van der Waals surface area contributed by atoms with Gasteiger partial charge in [-0.05, 0) is 13.0 Å². The Morgan fingerprint density at radius 1 is 1.47 bits per heavy atom. The molecule has 2 aromatic rings. The maximum Gasteiger partial charge on any atom is 0.291 e. The molecule has 0 bridgehead atoms. The Morgan fingerprint density at radius 2 is 2.21 bits per heavy atom. The Hall–Kier alpha value is -2.51. The number of nitrogens with zero attached hydrogens (tertiary/aromatic N) is 5. The van der Waals surface area contributed by atoms with Crippen LogP contribution in [0.25, 0.3) is 0 Å². The standard InChI is InChI=1S/C11H13FN6O/c1-7-8(10(12)18(3)15-7)6-13-14-11(19)9-4-5-17(2)16-9/h4-6H,1-3H3,(H,14,19)/b13-6+. The van der Waals surface area contributed by atoms with Crippen molar-refractivity contribution in [2.45, 2.75) is 6.92 Å². The van der Waals surface area contributed by atoms with Crippen molar-refractivity contribution < 1.29 is 9.18 Å². The predicted octanol–water partition coefficient (Wildman–Crippen LogP) is 0.365. The van der Waals surface area contributed by atoms with Gasteiger partial charge in [0.15, 0.2) is 5.69 Å². The van der Waals surface area contributed by atoms with E-state index in [4.69, 9.17) is 0 Å². The lowest BCUT2D eigenvalue weighted by Crippen LogP contribution is -2.18. The van der Waals surface area contributed by atoms with Crippen molar-refractivity contribution in [3.63, 3.8) is 0 Å². The lowest BCUT2D eigenvalue weighted by atomic mass is 10.3. The first-order valence-corrected chi connectivity index (χ1v) is 5.51. The van der Waals surface area contributed by atoms with Crippen molar-refractivity contribution in [1.82, 2.24) is 25.0 Å². The molecule has 0 aliphatic heterocycles. The summed E-state index contributed by atoms with van der Waals surface area (Å²) in [6, 6.07) is 1.56. The van der Waals surface area contributed by atoms with Crippen LogP contribution in [0.5, 0.6) is 0 Å². The monoisotopic (exact) mass is 264 g/mol. The van der Waals surface area contributed by atoms with Crippen LogP contribution in [0.3, 0.4) is 0 Å². The summed E-state index contributed by atoms with van der Waals surface area (Å²) < 4.78 is 16.2.